The van der Waals surface area contributed by atoms with Gasteiger partial charge in [-0.2, -0.15) is 0 Å². The molecule has 0 atom stereocenters. The molecule has 0 aromatic carbocycles. The first-order valence-electron chi connectivity index (χ1n) is 9.83. The average molecular weight is 405 g/mol. The van der Waals surface area contributed by atoms with E-state index in [2.05, 4.69) is 11.1 Å². The standard InChI is InChI=1S/C18H38O6S.Na/c1-4-7-8-9-10-11-12-13-14-15-16-17-18(22-5-2,23-6-3)24-25(19,20)21;/h4-17H2,1-3H3,(H,19,20,21);/q;+1/p-1. The first-order chi connectivity index (χ1) is 11.9. The van der Waals surface area contributed by atoms with Crippen LogP contribution in [-0.4, -0.2) is 32.2 Å². The monoisotopic (exact) mass is 404 g/mol. The second kappa shape index (κ2) is 17.9. The van der Waals surface area contributed by atoms with E-state index in [0.717, 1.165) is 12.8 Å². The van der Waals surface area contributed by atoms with E-state index in [9.17, 15) is 13.0 Å². The third-order valence-corrected chi connectivity index (χ3v) is 4.50. The van der Waals surface area contributed by atoms with Crippen LogP contribution in [0.2, 0.25) is 0 Å². The zero-order valence-electron chi connectivity index (χ0n) is 17.3. The number of ether oxygens (including phenoxy) is 2. The number of hydrogen-bond acceptors (Lipinski definition) is 6. The molecular formula is C18H37NaO6S. The summed E-state index contributed by atoms with van der Waals surface area (Å²) >= 11 is 0. The van der Waals surface area contributed by atoms with Gasteiger partial charge in [-0.3, -0.25) is 0 Å². The molecule has 0 aromatic heterocycles. The van der Waals surface area contributed by atoms with Crippen LogP contribution in [0.5, 0.6) is 0 Å². The fourth-order valence-electron chi connectivity index (χ4n) is 2.88. The smallest absolute Gasteiger partial charge is 0.725 e. The third-order valence-electron chi connectivity index (χ3n) is 4.04. The number of rotatable bonds is 18. The molecule has 0 aliphatic rings. The molecule has 8 heteroatoms. The van der Waals surface area contributed by atoms with Gasteiger partial charge in [-0.15, -0.1) is 0 Å². The van der Waals surface area contributed by atoms with Gasteiger partial charge >= 0.3 is 29.6 Å². The molecule has 0 N–H and O–H groups in total. The van der Waals surface area contributed by atoms with Crippen LogP contribution in [-0.2, 0) is 24.1 Å². The van der Waals surface area contributed by atoms with E-state index in [1.54, 1.807) is 13.8 Å². The Morgan fingerprint density at radius 1 is 0.731 bits per heavy atom. The van der Waals surface area contributed by atoms with E-state index in [1.807, 2.05) is 0 Å². The Kier molecular flexibility index (Phi) is 19.9. The molecule has 0 spiro atoms. The summed E-state index contributed by atoms with van der Waals surface area (Å²) in [6.07, 6.45) is 13.2. The molecule has 0 aliphatic heterocycles. The van der Waals surface area contributed by atoms with Crippen molar-refractivity contribution in [1.29, 1.82) is 0 Å². The SMILES string of the molecule is CCCCCCCCCCCCCC(OCC)(OCC)OS(=O)(=O)[O-].[Na+]. The van der Waals surface area contributed by atoms with Crippen molar-refractivity contribution in [1.82, 2.24) is 0 Å². The van der Waals surface area contributed by atoms with Crippen LogP contribution in [0, 0.1) is 0 Å². The van der Waals surface area contributed by atoms with Gasteiger partial charge in [0, 0.05) is 19.6 Å². The van der Waals surface area contributed by atoms with Crippen LogP contribution >= 0.6 is 0 Å². The van der Waals surface area contributed by atoms with E-state index in [-0.39, 0.29) is 49.2 Å². The van der Waals surface area contributed by atoms with Crippen LogP contribution in [0.3, 0.4) is 0 Å². The molecule has 0 unspecified atom stereocenters. The Morgan fingerprint density at radius 3 is 1.46 bits per heavy atom. The zero-order chi connectivity index (χ0) is 19.0. The molecule has 152 valence electrons. The van der Waals surface area contributed by atoms with Crippen LogP contribution in [0.15, 0.2) is 0 Å². The van der Waals surface area contributed by atoms with Crippen molar-refractivity contribution >= 4 is 10.4 Å². The summed E-state index contributed by atoms with van der Waals surface area (Å²) in [5, 5.41) is 0. The first-order valence-corrected chi connectivity index (χ1v) is 11.2. The summed E-state index contributed by atoms with van der Waals surface area (Å²) in [4.78, 5) is 0. The van der Waals surface area contributed by atoms with Gasteiger partial charge in [0.25, 0.3) is 5.97 Å². The molecule has 0 amide bonds. The molecule has 0 saturated carbocycles. The van der Waals surface area contributed by atoms with Gasteiger partial charge in [-0.25, -0.2) is 12.6 Å². The normalized spacial score (nSPS) is 12.2. The third kappa shape index (κ3) is 16.9. The number of unbranched alkanes of at least 4 members (excludes halogenated alkanes) is 10. The minimum Gasteiger partial charge on any atom is -0.725 e. The maximum Gasteiger partial charge on any atom is 1.00 e. The molecule has 0 heterocycles. The minimum absolute atomic E-state index is 0. The van der Waals surface area contributed by atoms with Crippen LogP contribution in [0.1, 0.15) is 97.8 Å². The van der Waals surface area contributed by atoms with Crippen LogP contribution in [0.25, 0.3) is 0 Å². The zero-order valence-corrected chi connectivity index (χ0v) is 20.1. The molecule has 0 bridgehead atoms. The van der Waals surface area contributed by atoms with Crippen molar-refractivity contribution in [2.75, 3.05) is 13.2 Å². The summed E-state index contributed by atoms with van der Waals surface area (Å²) in [6, 6.07) is 0. The maximum absolute atomic E-state index is 11.0. The minimum atomic E-state index is -4.89. The molecular weight excluding hydrogens is 367 g/mol. The molecule has 0 radical (unpaired) electrons. The summed E-state index contributed by atoms with van der Waals surface area (Å²) < 4.78 is 48.1. The molecule has 0 saturated heterocycles. The van der Waals surface area contributed by atoms with Crippen LogP contribution < -0.4 is 29.6 Å². The Labute approximate surface area is 183 Å². The summed E-state index contributed by atoms with van der Waals surface area (Å²) in [5.74, 6) is -1.77. The molecule has 0 fully saturated rings. The largest absolute Gasteiger partial charge is 1.00 e. The summed E-state index contributed by atoms with van der Waals surface area (Å²) in [5.41, 5.74) is 0. The Hall–Kier alpha value is 0.790. The Balaban J connectivity index is 0. The topological polar surface area (TPSA) is 84.9 Å². The van der Waals surface area contributed by atoms with E-state index < -0.39 is 16.4 Å². The van der Waals surface area contributed by atoms with E-state index in [1.165, 1.54) is 51.4 Å². The Bertz CT molecular complexity index is 396. The maximum atomic E-state index is 11.0. The Morgan fingerprint density at radius 2 is 1.12 bits per heavy atom. The fourth-order valence-corrected chi connectivity index (χ4v) is 3.37. The molecule has 0 rings (SSSR count). The van der Waals surface area contributed by atoms with Crippen molar-refractivity contribution in [3.05, 3.63) is 0 Å². The van der Waals surface area contributed by atoms with Gasteiger partial charge in [-0.1, -0.05) is 71.1 Å². The molecule has 26 heavy (non-hydrogen) atoms. The van der Waals surface area contributed by atoms with Crippen molar-refractivity contribution in [2.45, 2.75) is 104 Å². The van der Waals surface area contributed by atoms with Crippen molar-refractivity contribution in [3.8, 4) is 0 Å². The quantitative estimate of drug-likeness (QED) is 0.114. The molecule has 0 aliphatic carbocycles. The van der Waals surface area contributed by atoms with Gasteiger partial charge in [0.05, 0.1) is 0 Å². The van der Waals surface area contributed by atoms with Gasteiger partial charge < -0.3 is 14.0 Å². The second-order valence-corrected chi connectivity index (χ2v) is 7.31. The van der Waals surface area contributed by atoms with Gasteiger partial charge in [-0.05, 0) is 20.3 Å². The fraction of sp³-hybridized carbons (Fsp3) is 1.00. The summed E-state index contributed by atoms with van der Waals surface area (Å²) in [7, 11) is -4.89. The van der Waals surface area contributed by atoms with E-state index in [4.69, 9.17) is 9.47 Å². The van der Waals surface area contributed by atoms with Gasteiger partial charge in [0.1, 0.15) is 0 Å². The second-order valence-electron chi connectivity index (χ2n) is 6.33. The van der Waals surface area contributed by atoms with E-state index in [0.29, 0.717) is 6.42 Å². The van der Waals surface area contributed by atoms with Crippen molar-refractivity contribution in [2.24, 2.45) is 0 Å². The molecule has 6 nitrogen and oxygen atoms in total. The predicted octanol–water partition coefficient (Wildman–Crippen LogP) is 1.90. The van der Waals surface area contributed by atoms with Crippen LogP contribution in [0.4, 0.5) is 0 Å². The molecule has 0 aromatic rings. The van der Waals surface area contributed by atoms with E-state index >= 15 is 0 Å². The summed E-state index contributed by atoms with van der Waals surface area (Å²) in [6.45, 7) is 6.04. The predicted molar refractivity (Wildman–Crippen MR) is 97.8 cm³/mol. The van der Waals surface area contributed by atoms with Crippen molar-refractivity contribution in [3.63, 3.8) is 0 Å². The van der Waals surface area contributed by atoms with Crippen molar-refractivity contribution < 1.29 is 56.2 Å². The van der Waals surface area contributed by atoms with Gasteiger partial charge in [0.2, 0.25) is 10.4 Å². The first kappa shape index (κ1) is 29.0. The van der Waals surface area contributed by atoms with Gasteiger partial charge in [0.15, 0.2) is 0 Å². The average Bonchev–Trinajstić information content (AvgIpc) is 2.51. The number of hydrogen-bond donors (Lipinski definition) is 0.